The zero-order valence-corrected chi connectivity index (χ0v) is 12.8. The summed E-state index contributed by atoms with van der Waals surface area (Å²) in [5, 5.41) is 13.5. The molecular formula is C16H20FN3O3. The first-order chi connectivity index (χ1) is 11.1. The molecule has 2 aromatic rings. The van der Waals surface area contributed by atoms with E-state index in [1.807, 2.05) is 0 Å². The second kappa shape index (κ2) is 7.06. The molecule has 23 heavy (non-hydrogen) atoms. The third-order valence-electron chi connectivity index (χ3n) is 4.02. The number of fused-ring (bicyclic) bond motifs is 1. The van der Waals surface area contributed by atoms with Crippen molar-refractivity contribution < 1.29 is 13.9 Å². The Bertz CT molecular complexity index is 728. The fourth-order valence-electron chi connectivity index (χ4n) is 2.90. The second-order valence-corrected chi connectivity index (χ2v) is 5.86. The van der Waals surface area contributed by atoms with E-state index >= 15 is 0 Å². The van der Waals surface area contributed by atoms with Gasteiger partial charge in [-0.1, -0.05) is 6.42 Å². The highest BCUT2D eigenvalue weighted by Gasteiger charge is 2.15. The fraction of sp³-hybridized carbons (Fsp3) is 0.500. The zero-order valence-electron chi connectivity index (χ0n) is 12.8. The lowest BCUT2D eigenvalue weighted by Gasteiger charge is -2.28. The molecule has 3 rings (SSSR count). The van der Waals surface area contributed by atoms with Gasteiger partial charge in [0.2, 0.25) is 0 Å². The van der Waals surface area contributed by atoms with Gasteiger partial charge < -0.3 is 19.7 Å². The van der Waals surface area contributed by atoms with Crippen LogP contribution in [0.25, 0.3) is 11.0 Å². The molecule has 1 unspecified atom stereocenters. The molecule has 1 fully saturated rings. The number of anilines is 1. The van der Waals surface area contributed by atoms with E-state index in [1.165, 1.54) is 24.6 Å². The van der Waals surface area contributed by atoms with Crippen LogP contribution in [0.1, 0.15) is 19.3 Å². The van der Waals surface area contributed by atoms with Gasteiger partial charge in [-0.3, -0.25) is 0 Å². The Morgan fingerprint density at radius 1 is 1.35 bits per heavy atom. The third-order valence-corrected chi connectivity index (χ3v) is 4.02. The van der Waals surface area contributed by atoms with Gasteiger partial charge in [-0.15, -0.1) is 0 Å². The van der Waals surface area contributed by atoms with Gasteiger partial charge in [0.15, 0.2) is 0 Å². The number of β-amino-alcohol motifs (C(OH)–C–C–N with tert-alkyl or cyclic N) is 1. The lowest BCUT2D eigenvalue weighted by molar-refractivity contribution is 0.109. The molecule has 0 bridgehead atoms. The summed E-state index contributed by atoms with van der Waals surface area (Å²) >= 11 is 0. The van der Waals surface area contributed by atoms with Gasteiger partial charge in [0, 0.05) is 13.1 Å². The molecule has 1 aromatic heterocycles. The van der Waals surface area contributed by atoms with Crippen molar-refractivity contribution in [3.63, 3.8) is 0 Å². The van der Waals surface area contributed by atoms with Gasteiger partial charge in [-0.2, -0.15) is 4.98 Å². The molecule has 0 saturated carbocycles. The molecule has 6 nitrogen and oxygen atoms in total. The summed E-state index contributed by atoms with van der Waals surface area (Å²) in [7, 11) is 0. The Morgan fingerprint density at radius 3 is 2.91 bits per heavy atom. The van der Waals surface area contributed by atoms with Gasteiger partial charge in [-0.25, -0.2) is 9.18 Å². The standard InChI is InChI=1S/C16H20FN3O3/c17-11-4-5-14-13(8-11)15(19-16(22)23-14)18-9-12(21)10-20-6-2-1-3-7-20/h4-5,8,12,21H,1-3,6-7,9-10H2,(H,18,19,22). The van der Waals surface area contributed by atoms with E-state index in [0.29, 0.717) is 11.9 Å². The average Bonchev–Trinajstić information content (AvgIpc) is 2.54. The van der Waals surface area contributed by atoms with Gasteiger partial charge in [0.25, 0.3) is 0 Å². The van der Waals surface area contributed by atoms with Crippen molar-refractivity contribution in [2.75, 3.05) is 31.5 Å². The molecule has 2 heterocycles. The SMILES string of the molecule is O=c1nc(NCC(O)CN2CCCCC2)c2cc(F)ccc2o1. The first-order valence-electron chi connectivity index (χ1n) is 7.86. The molecule has 1 atom stereocenters. The van der Waals surface area contributed by atoms with E-state index in [-0.39, 0.29) is 17.9 Å². The average molecular weight is 321 g/mol. The highest BCUT2D eigenvalue weighted by atomic mass is 19.1. The lowest BCUT2D eigenvalue weighted by Crippen LogP contribution is -2.39. The van der Waals surface area contributed by atoms with Crippen molar-refractivity contribution >= 4 is 16.8 Å². The van der Waals surface area contributed by atoms with Crippen molar-refractivity contribution in [3.8, 4) is 0 Å². The Balaban J connectivity index is 1.68. The molecule has 1 aliphatic heterocycles. The summed E-state index contributed by atoms with van der Waals surface area (Å²) in [6, 6.07) is 3.87. The van der Waals surface area contributed by atoms with Crippen LogP contribution in [-0.4, -0.2) is 47.3 Å². The Labute approximate surface area is 132 Å². The van der Waals surface area contributed by atoms with Crippen LogP contribution in [-0.2, 0) is 0 Å². The number of rotatable bonds is 5. The number of aromatic nitrogens is 1. The topological polar surface area (TPSA) is 78.6 Å². The number of aliphatic hydroxyl groups is 1. The predicted molar refractivity (Wildman–Crippen MR) is 85.0 cm³/mol. The Kier molecular flexibility index (Phi) is 4.88. The summed E-state index contributed by atoms with van der Waals surface area (Å²) in [6.07, 6.45) is 2.97. The quantitative estimate of drug-likeness (QED) is 0.871. The van der Waals surface area contributed by atoms with E-state index in [9.17, 15) is 14.3 Å². The van der Waals surface area contributed by atoms with Crippen molar-refractivity contribution in [3.05, 3.63) is 34.6 Å². The molecule has 124 valence electrons. The number of likely N-dealkylation sites (tertiary alicyclic amines) is 1. The largest absolute Gasteiger partial charge is 0.441 e. The maximum Gasteiger partial charge on any atom is 0.441 e. The lowest BCUT2D eigenvalue weighted by atomic mass is 10.1. The van der Waals surface area contributed by atoms with Gasteiger partial charge in [0.05, 0.1) is 11.5 Å². The fourth-order valence-corrected chi connectivity index (χ4v) is 2.90. The van der Waals surface area contributed by atoms with E-state index < -0.39 is 17.7 Å². The van der Waals surface area contributed by atoms with Gasteiger partial charge >= 0.3 is 5.76 Å². The molecule has 0 aliphatic carbocycles. The highest BCUT2D eigenvalue weighted by Crippen LogP contribution is 2.20. The summed E-state index contributed by atoms with van der Waals surface area (Å²) in [5.74, 6) is -0.962. The minimum absolute atomic E-state index is 0.230. The number of benzene rings is 1. The number of aliphatic hydroxyl groups excluding tert-OH is 1. The number of hydrogen-bond acceptors (Lipinski definition) is 6. The minimum Gasteiger partial charge on any atom is -0.408 e. The van der Waals surface area contributed by atoms with Crippen molar-refractivity contribution in [2.45, 2.75) is 25.4 Å². The van der Waals surface area contributed by atoms with E-state index in [1.54, 1.807) is 0 Å². The highest BCUT2D eigenvalue weighted by molar-refractivity contribution is 5.87. The summed E-state index contributed by atoms with van der Waals surface area (Å²) in [5.41, 5.74) is 0.263. The normalized spacial score (nSPS) is 17.3. The first kappa shape index (κ1) is 15.9. The third kappa shape index (κ3) is 4.05. The van der Waals surface area contributed by atoms with Crippen LogP contribution >= 0.6 is 0 Å². The monoisotopic (exact) mass is 321 g/mol. The predicted octanol–water partition coefficient (Wildman–Crippen LogP) is 1.59. The number of nitrogens with one attached hydrogen (secondary N) is 1. The van der Waals surface area contributed by atoms with Crippen LogP contribution in [0.2, 0.25) is 0 Å². The van der Waals surface area contributed by atoms with Crippen LogP contribution in [0.5, 0.6) is 0 Å². The first-order valence-corrected chi connectivity index (χ1v) is 7.86. The number of piperidine rings is 1. The molecule has 1 saturated heterocycles. The second-order valence-electron chi connectivity index (χ2n) is 5.86. The van der Waals surface area contributed by atoms with Crippen LogP contribution in [0, 0.1) is 5.82 Å². The zero-order chi connectivity index (χ0) is 16.2. The molecule has 7 heteroatoms. The molecular weight excluding hydrogens is 301 g/mol. The Morgan fingerprint density at radius 2 is 2.13 bits per heavy atom. The maximum absolute atomic E-state index is 13.4. The van der Waals surface area contributed by atoms with Crippen LogP contribution < -0.4 is 11.1 Å². The summed E-state index contributed by atoms with van der Waals surface area (Å²) in [4.78, 5) is 17.4. The van der Waals surface area contributed by atoms with E-state index in [4.69, 9.17) is 4.42 Å². The molecule has 1 aliphatic rings. The van der Waals surface area contributed by atoms with Crippen LogP contribution in [0.4, 0.5) is 10.2 Å². The molecule has 0 spiro atoms. The van der Waals surface area contributed by atoms with Crippen molar-refractivity contribution in [2.24, 2.45) is 0 Å². The van der Waals surface area contributed by atoms with Gasteiger partial charge in [-0.05, 0) is 44.1 Å². The van der Waals surface area contributed by atoms with Crippen molar-refractivity contribution in [1.82, 2.24) is 9.88 Å². The van der Waals surface area contributed by atoms with Crippen LogP contribution in [0.15, 0.2) is 27.4 Å². The molecule has 0 radical (unpaired) electrons. The van der Waals surface area contributed by atoms with Crippen LogP contribution in [0.3, 0.4) is 0 Å². The maximum atomic E-state index is 13.4. The van der Waals surface area contributed by atoms with E-state index in [0.717, 1.165) is 25.9 Å². The molecule has 0 amide bonds. The van der Waals surface area contributed by atoms with E-state index in [2.05, 4.69) is 15.2 Å². The number of halogens is 1. The minimum atomic E-state index is -0.753. The summed E-state index contributed by atoms with van der Waals surface area (Å²) in [6.45, 7) is 2.80. The molecule has 2 N–H and O–H groups in total. The number of hydrogen-bond donors (Lipinski definition) is 2. The Hall–Kier alpha value is -1.99. The van der Waals surface area contributed by atoms with Gasteiger partial charge in [0.1, 0.15) is 17.2 Å². The molecule has 1 aromatic carbocycles. The number of nitrogens with zero attached hydrogens (tertiary/aromatic N) is 2. The summed E-state index contributed by atoms with van der Waals surface area (Å²) < 4.78 is 18.3. The van der Waals surface area contributed by atoms with Crippen molar-refractivity contribution in [1.29, 1.82) is 0 Å². The smallest absolute Gasteiger partial charge is 0.408 e.